The van der Waals surface area contributed by atoms with Crippen molar-refractivity contribution in [3.8, 4) is 0 Å². The minimum atomic E-state index is -1.42. The number of rotatable bonds is 6. The standard InChI is InChI=1S/C25H29N11O2/c37-23-20(27-11-14-30-23)25(35-17-5-9-32-35)36(19-7-10-31-33-19)24(34-15-3-4-16-34,18-6-1-2-8-26-18)21(38-25)22-28-12-13-29-22/h1-2,6-8,10-14,20-21,32H,3-5,9,15-17H2,(H,28,29)(H,31,33). The average molecular weight is 516 g/mol. The normalized spacial score (nSPS) is 32.1. The summed E-state index contributed by atoms with van der Waals surface area (Å²) in [5, 5.41) is 9.49. The van der Waals surface area contributed by atoms with Crippen molar-refractivity contribution in [2.45, 2.75) is 42.9 Å². The third-order valence-corrected chi connectivity index (χ3v) is 7.78. The molecular formula is C25H29N11O2. The zero-order valence-electron chi connectivity index (χ0n) is 20.8. The maximum atomic E-state index is 13.6. The highest BCUT2D eigenvalue weighted by atomic mass is 16.6. The van der Waals surface area contributed by atoms with Gasteiger partial charge in [-0.25, -0.2) is 9.98 Å². The van der Waals surface area contributed by atoms with E-state index < -0.39 is 23.7 Å². The van der Waals surface area contributed by atoms with E-state index in [1.165, 1.54) is 6.21 Å². The van der Waals surface area contributed by atoms with Crippen LogP contribution in [0, 0.1) is 0 Å². The Morgan fingerprint density at radius 3 is 2.61 bits per heavy atom. The van der Waals surface area contributed by atoms with Crippen LogP contribution in [-0.2, 0) is 15.2 Å². The lowest BCUT2D eigenvalue weighted by Gasteiger charge is -2.52. The molecule has 38 heavy (non-hydrogen) atoms. The van der Waals surface area contributed by atoms with E-state index in [1.54, 1.807) is 31.0 Å². The fraction of sp³-hybridized carbons (Fsp3) is 0.440. The highest BCUT2D eigenvalue weighted by Crippen LogP contribution is 2.59. The molecule has 4 unspecified atom stereocenters. The van der Waals surface area contributed by atoms with Crippen LogP contribution in [-0.4, -0.2) is 91.5 Å². The van der Waals surface area contributed by atoms with Crippen molar-refractivity contribution in [3.63, 3.8) is 0 Å². The number of carbonyl (C=O) groups excluding carboxylic acids is 1. The summed E-state index contributed by atoms with van der Waals surface area (Å²) in [7, 11) is 0. The van der Waals surface area contributed by atoms with Gasteiger partial charge in [0.25, 0.3) is 5.91 Å². The molecule has 0 spiro atoms. The number of hydrazine groups is 1. The number of likely N-dealkylation sites (tertiary alicyclic amines) is 1. The summed E-state index contributed by atoms with van der Waals surface area (Å²) < 4.78 is 7.26. The Hall–Kier alpha value is -3.78. The van der Waals surface area contributed by atoms with Crippen molar-refractivity contribution >= 4 is 24.2 Å². The molecule has 3 N–H and O–H groups in total. The number of aliphatic imine (C=N–C) groups is 2. The lowest BCUT2D eigenvalue weighted by Crippen LogP contribution is -2.73. The minimum absolute atomic E-state index is 0.387. The van der Waals surface area contributed by atoms with Crippen LogP contribution in [0.1, 0.15) is 36.9 Å². The molecule has 4 aliphatic heterocycles. The lowest BCUT2D eigenvalue weighted by molar-refractivity contribution is -0.178. The molecule has 13 nitrogen and oxygen atoms in total. The first-order valence-corrected chi connectivity index (χ1v) is 13.0. The molecule has 3 saturated heterocycles. The van der Waals surface area contributed by atoms with E-state index in [1.807, 2.05) is 29.3 Å². The van der Waals surface area contributed by atoms with E-state index in [0.717, 1.165) is 44.6 Å². The molecular weight excluding hydrogens is 486 g/mol. The summed E-state index contributed by atoms with van der Waals surface area (Å²) >= 11 is 0. The number of nitrogens with zero attached hydrogens (tertiary/aromatic N) is 8. The van der Waals surface area contributed by atoms with Gasteiger partial charge >= 0.3 is 0 Å². The van der Waals surface area contributed by atoms with Gasteiger partial charge in [0.2, 0.25) is 5.85 Å². The third-order valence-electron chi connectivity index (χ3n) is 7.78. The van der Waals surface area contributed by atoms with Crippen LogP contribution < -0.4 is 10.3 Å². The van der Waals surface area contributed by atoms with Crippen LogP contribution in [0.3, 0.4) is 0 Å². The first kappa shape index (κ1) is 23.3. The van der Waals surface area contributed by atoms with Crippen molar-refractivity contribution < 1.29 is 9.53 Å². The largest absolute Gasteiger partial charge is 0.346 e. The molecule has 3 aromatic rings. The van der Waals surface area contributed by atoms with E-state index in [2.05, 4.69) is 40.4 Å². The van der Waals surface area contributed by atoms with Gasteiger partial charge in [-0.05, 0) is 31.4 Å². The molecule has 3 aromatic heterocycles. The van der Waals surface area contributed by atoms with E-state index >= 15 is 0 Å². The Kier molecular flexibility index (Phi) is 5.65. The van der Waals surface area contributed by atoms with Gasteiger partial charge in [-0.1, -0.05) is 6.07 Å². The average Bonchev–Trinajstić information content (AvgIpc) is 3.79. The van der Waals surface area contributed by atoms with Gasteiger partial charge in [0.15, 0.2) is 17.8 Å². The Morgan fingerprint density at radius 1 is 1.00 bits per heavy atom. The van der Waals surface area contributed by atoms with Crippen molar-refractivity contribution in [1.29, 1.82) is 0 Å². The number of aromatic nitrogens is 5. The van der Waals surface area contributed by atoms with Gasteiger partial charge < -0.3 is 9.72 Å². The Bertz CT molecular complexity index is 1320. The quantitative estimate of drug-likeness (QED) is 0.437. The first-order chi connectivity index (χ1) is 18.8. The molecule has 0 bridgehead atoms. The number of nitrogens with one attached hydrogen (secondary N) is 3. The number of pyridine rings is 1. The van der Waals surface area contributed by atoms with Gasteiger partial charge in [0.05, 0.1) is 11.9 Å². The second kappa shape index (κ2) is 9.20. The van der Waals surface area contributed by atoms with Crippen LogP contribution in [0.5, 0.6) is 0 Å². The van der Waals surface area contributed by atoms with Crippen LogP contribution in [0.4, 0.5) is 5.82 Å². The maximum Gasteiger partial charge on any atom is 0.277 e. The summed E-state index contributed by atoms with van der Waals surface area (Å²) in [6, 6.07) is 6.79. The molecule has 7 heterocycles. The van der Waals surface area contributed by atoms with Gasteiger partial charge in [0, 0.05) is 63.3 Å². The molecule has 0 aliphatic carbocycles. The molecule has 1 amide bonds. The number of aromatic amines is 2. The van der Waals surface area contributed by atoms with Crippen LogP contribution in [0.15, 0.2) is 59.0 Å². The Morgan fingerprint density at radius 2 is 1.92 bits per heavy atom. The lowest BCUT2D eigenvalue weighted by atomic mass is 9.92. The summed E-state index contributed by atoms with van der Waals surface area (Å²) in [6.45, 7) is 3.00. The summed E-state index contributed by atoms with van der Waals surface area (Å²) in [6.07, 6.45) is 12.2. The van der Waals surface area contributed by atoms with Crippen LogP contribution >= 0.6 is 0 Å². The van der Waals surface area contributed by atoms with E-state index in [9.17, 15) is 4.79 Å². The zero-order valence-corrected chi connectivity index (χ0v) is 20.8. The van der Waals surface area contributed by atoms with Crippen LogP contribution in [0.25, 0.3) is 0 Å². The third kappa shape index (κ3) is 3.26. The number of hydrogen-bond donors (Lipinski definition) is 3. The first-order valence-electron chi connectivity index (χ1n) is 13.0. The van der Waals surface area contributed by atoms with Gasteiger partial charge in [0.1, 0.15) is 11.6 Å². The fourth-order valence-electron chi connectivity index (χ4n) is 6.37. The van der Waals surface area contributed by atoms with Gasteiger partial charge in [-0.15, -0.1) is 0 Å². The molecule has 0 aromatic carbocycles. The highest BCUT2D eigenvalue weighted by Gasteiger charge is 2.73. The van der Waals surface area contributed by atoms with Crippen molar-refractivity contribution in [2.24, 2.45) is 9.98 Å². The van der Waals surface area contributed by atoms with E-state index in [0.29, 0.717) is 18.2 Å². The summed E-state index contributed by atoms with van der Waals surface area (Å²) in [5.74, 6) is -0.514. The molecule has 0 radical (unpaired) electrons. The maximum absolute atomic E-state index is 13.6. The predicted octanol–water partition coefficient (Wildman–Crippen LogP) is 0.969. The molecule has 196 valence electrons. The minimum Gasteiger partial charge on any atom is -0.346 e. The van der Waals surface area contributed by atoms with Crippen molar-refractivity contribution in [2.75, 3.05) is 31.1 Å². The Balaban J connectivity index is 1.58. The molecule has 3 fully saturated rings. The highest BCUT2D eigenvalue weighted by molar-refractivity contribution is 6.21. The zero-order chi connectivity index (χ0) is 25.6. The SMILES string of the molecule is O=C1N=CC=NC1C1(N2CCCN2)OC(c2ncc[nH]2)C(c2ccccn2)(N2CCCC2)N1c1ccn[nH]1. The van der Waals surface area contributed by atoms with E-state index in [-0.39, 0.29) is 5.91 Å². The van der Waals surface area contributed by atoms with E-state index in [4.69, 9.17) is 14.7 Å². The van der Waals surface area contributed by atoms with Gasteiger partial charge in [-0.2, -0.15) is 10.1 Å². The summed E-state index contributed by atoms with van der Waals surface area (Å²) in [5.41, 5.74) is 3.24. The monoisotopic (exact) mass is 515 g/mol. The number of H-pyrrole nitrogens is 2. The van der Waals surface area contributed by atoms with Crippen LogP contribution in [0.2, 0.25) is 0 Å². The second-order valence-corrected chi connectivity index (χ2v) is 9.77. The van der Waals surface area contributed by atoms with Crippen molar-refractivity contribution in [1.82, 2.24) is 40.5 Å². The number of amides is 1. The fourth-order valence-corrected chi connectivity index (χ4v) is 6.37. The Labute approximate surface area is 219 Å². The number of carbonyl (C=O) groups is 1. The second-order valence-electron chi connectivity index (χ2n) is 9.77. The van der Waals surface area contributed by atoms with Gasteiger partial charge in [-0.3, -0.25) is 35.1 Å². The molecule has 4 atom stereocenters. The molecule has 4 aliphatic rings. The summed E-state index contributed by atoms with van der Waals surface area (Å²) in [4.78, 5) is 39.8. The number of imidazole rings is 1. The molecule has 7 rings (SSSR count). The number of ether oxygens (including phenoxy) is 1. The molecule has 0 saturated carbocycles. The van der Waals surface area contributed by atoms with Crippen molar-refractivity contribution in [3.05, 3.63) is 60.6 Å². The predicted molar refractivity (Wildman–Crippen MR) is 138 cm³/mol. The topological polar surface area (TPSA) is 143 Å². The number of hydrogen-bond acceptors (Lipinski definition) is 10. The molecule has 13 heteroatoms. The number of anilines is 1. The smallest absolute Gasteiger partial charge is 0.277 e.